The lowest BCUT2D eigenvalue weighted by Gasteiger charge is -2.19. The summed E-state index contributed by atoms with van der Waals surface area (Å²) in [4.78, 5) is 12.3. The van der Waals surface area contributed by atoms with Gasteiger partial charge < -0.3 is 19.9 Å². The highest BCUT2D eigenvalue weighted by Gasteiger charge is 2.17. The van der Waals surface area contributed by atoms with Crippen molar-refractivity contribution in [3.8, 4) is 5.75 Å². The predicted octanol–water partition coefficient (Wildman–Crippen LogP) is 4.66. The van der Waals surface area contributed by atoms with Gasteiger partial charge in [0.1, 0.15) is 36.2 Å². The summed E-state index contributed by atoms with van der Waals surface area (Å²) in [6, 6.07) is 24.4. The van der Waals surface area contributed by atoms with Gasteiger partial charge in [-0.3, -0.25) is 4.79 Å². The predicted molar refractivity (Wildman–Crippen MR) is 122 cm³/mol. The van der Waals surface area contributed by atoms with Gasteiger partial charge in [0.25, 0.3) is 0 Å². The molecule has 0 aliphatic carbocycles. The number of carbonyl (C=O) groups excluding carboxylic acids is 1. The molecule has 0 spiro atoms. The Bertz CT molecular complexity index is 930. The monoisotopic (exact) mass is 459 g/mol. The zero-order chi connectivity index (χ0) is 22.1. The van der Waals surface area contributed by atoms with Crippen molar-refractivity contribution in [1.82, 2.24) is 5.32 Å². The third kappa shape index (κ3) is 6.97. The molecule has 1 unspecified atom stereocenters. The van der Waals surface area contributed by atoms with Crippen LogP contribution in [0.15, 0.2) is 78.9 Å². The zero-order valence-corrected chi connectivity index (χ0v) is 18.2. The molecule has 0 saturated heterocycles. The Kier molecular flexibility index (Phi) is 8.74. The summed E-state index contributed by atoms with van der Waals surface area (Å²) in [5.41, 5.74) is 1.90. The first kappa shape index (κ1) is 23.1. The van der Waals surface area contributed by atoms with E-state index >= 15 is 0 Å². The van der Waals surface area contributed by atoms with E-state index in [-0.39, 0.29) is 36.8 Å². The molecular weight excluding hydrogens is 437 g/mol. The second kappa shape index (κ2) is 11.7. The average Bonchev–Trinajstić information content (AvgIpc) is 2.80. The van der Waals surface area contributed by atoms with Crippen molar-refractivity contribution in [3.63, 3.8) is 0 Å². The Morgan fingerprint density at radius 3 is 2.13 bits per heavy atom. The summed E-state index contributed by atoms with van der Waals surface area (Å²) in [6.45, 7) is -0.179. The van der Waals surface area contributed by atoms with Crippen LogP contribution in [0.25, 0.3) is 0 Å². The number of benzene rings is 3. The quantitative estimate of drug-likeness (QED) is 0.462. The number of carbonyl (C=O) groups is 1. The number of amides is 1. The largest absolute Gasteiger partial charge is 0.489 e. The number of ether oxygens (including phenoxy) is 2. The van der Waals surface area contributed by atoms with Crippen LogP contribution in [0.3, 0.4) is 0 Å². The Labute approximate surface area is 191 Å². The molecule has 162 valence electrons. The molecule has 0 fully saturated rings. The molecule has 0 radical (unpaired) electrons. The molecule has 0 bridgehead atoms. The fraction of sp³-hybridized carbons (Fsp3) is 0.208. The van der Waals surface area contributed by atoms with Crippen molar-refractivity contribution in [1.29, 1.82) is 0 Å². The van der Waals surface area contributed by atoms with E-state index in [2.05, 4.69) is 5.32 Å². The molecular formula is C24H23Cl2NO4. The molecule has 3 aromatic rings. The Hall–Kier alpha value is -2.57. The molecule has 3 rings (SSSR count). The molecule has 0 aromatic heterocycles. The van der Waals surface area contributed by atoms with Gasteiger partial charge in [-0.25, -0.2) is 0 Å². The molecule has 7 heteroatoms. The van der Waals surface area contributed by atoms with Crippen molar-refractivity contribution in [2.75, 3.05) is 19.8 Å². The minimum Gasteiger partial charge on any atom is -0.489 e. The fourth-order valence-corrected chi connectivity index (χ4v) is 3.27. The fourth-order valence-electron chi connectivity index (χ4n) is 2.92. The molecule has 31 heavy (non-hydrogen) atoms. The normalized spacial score (nSPS) is 11.9. The highest BCUT2D eigenvalue weighted by atomic mass is 35.5. The Morgan fingerprint density at radius 2 is 1.52 bits per heavy atom. The molecule has 2 N–H and O–H groups in total. The first-order valence-electron chi connectivity index (χ1n) is 9.77. The van der Waals surface area contributed by atoms with E-state index in [9.17, 15) is 9.90 Å². The maximum Gasteiger partial charge on any atom is 0.246 e. The van der Waals surface area contributed by atoms with Crippen molar-refractivity contribution < 1.29 is 19.4 Å². The third-order valence-corrected chi connectivity index (χ3v) is 5.27. The molecule has 5 nitrogen and oxygen atoms in total. The maximum absolute atomic E-state index is 12.3. The van der Waals surface area contributed by atoms with E-state index in [1.165, 1.54) is 0 Å². The van der Waals surface area contributed by atoms with Crippen LogP contribution in [0.1, 0.15) is 17.2 Å². The van der Waals surface area contributed by atoms with Crippen LogP contribution in [0, 0.1) is 0 Å². The van der Waals surface area contributed by atoms with Gasteiger partial charge in [0.05, 0.1) is 5.02 Å². The molecule has 0 aliphatic heterocycles. The van der Waals surface area contributed by atoms with Crippen molar-refractivity contribution in [2.24, 2.45) is 0 Å². The smallest absolute Gasteiger partial charge is 0.246 e. The summed E-state index contributed by atoms with van der Waals surface area (Å²) in [5.74, 6) is 0.0353. The number of nitrogens with one attached hydrogen (secondary N) is 1. The molecule has 3 aromatic carbocycles. The van der Waals surface area contributed by atoms with Crippen LogP contribution in [0.5, 0.6) is 5.75 Å². The molecule has 0 heterocycles. The van der Waals surface area contributed by atoms with Crippen LogP contribution in [-0.2, 0) is 9.53 Å². The van der Waals surface area contributed by atoms with Gasteiger partial charge in [0.15, 0.2) is 0 Å². The summed E-state index contributed by atoms with van der Waals surface area (Å²) in [7, 11) is 0. The van der Waals surface area contributed by atoms with Crippen LogP contribution in [0.2, 0.25) is 10.0 Å². The SMILES string of the molecule is O=C(COC(c1ccccc1)c1ccccc1)NCC(O)COc1cccc(Cl)c1Cl. The molecule has 0 aliphatic rings. The Morgan fingerprint density at radius 1 is 0.903 bits per heavy atom. The highest BCUT2D eigenvalue weighted by molar-refractivity contribution is 6.42. The van der Waals surface area contributed by atoms with Crippen LogP contribution in [0.4, 0.5) is 0 Å². The van der Waals surface area contributed by atoms with Crippen molar-refractivity contribution in [2.45, 2.75) is 12.2 Å². The van der Waals surface area contributed by atoms with Crippen LogP contribution >= 0.6 is 23.2 Å². The van der Waals surface area contributed by atoms with Crippen molar-refractivity contribution in [3.05, 3.63) is 100 Å². The van der Waals surface area contributed by atoms with E-state index < -0.39 is 6.10 Å². The second-order valence-electron chi connectivity index (χ2n) is 6.83. The van der Waals surface area contributed by atoms with Gasteiger partial charge >= 0.3 is 0 Å². The number of hydrogen-bond donors (Lipinski definition) is 2. The first-order valence-corrected chi connectivity index (χ1v) is 10.5. The van der Waals surface area contributed by atoms with Crippen LogP contribution < -0.4 is 10.1 Å². The van der Waals surface area contributed by atoms with Gasteiger partial charge in [-0.2, -0.15) is 0 Å². The van der Waals surface area contributed by atoms with E-state index in [4.69, 9.17) is 32.7 Å². The number of hydrogen-bond acceptors (Lipinski definition) is 4. The van der Waals surface area contributed by atoms with Gasteiger partial charge in [-0.15, -0.1) is 0 Å². The third-order valence-electron chi connectivity index (χ3n) is 4.47. The Balaban J connectivity index is 1.48. The van der Waals surface area contributed by atoms with Crippen LogP contribution in [-0.4, -0.2) is 36.9 Å². The summed E-state index contributed by atoms with van der Waals surface area (Å²) < 4.78 is 11.4. The highest BCUT2D eigenvalue weighted by Crippen LogP contribution is 2.31. The molecule has 0 saturated carbocycles. The minimum absolute atomic E-state index is 0.0156. The summed E-state index contributed by atoms with van der Waals surface area (Å²) in [6.07, 6.45) is -1.29. The lowest BCUT2D eigenvalue weighted by Crippen LogP contribution is -2.37. The van der Waals surface area contributed by atoms with Gasteiger partial charge in [0, 0.05) is 6.54 Å². The molecule has 1 amide bonds. The second-order valence-corrected chi connectivity index (χ2v) is 7.62. The summed E-state index contributed by atoms with van der Waals surface area (Å²) in [5, 5.41) is 13.4. The summed E-state index contributed by atoms with van der Waals surface area (Å²) >= 11 is 12.0. The van der Waals surface area contributed by atoms with Crippen molar-refractivity contribution >= 4 is 29.1 Å². The van der Waals surface area contributed by atoms with E-state index in [1.54, 1.807) is 18.2 Å². The first-order chi connectivity index (χ1) is 15.0. The van der Waals surface area contributed by atoms with E-state index in [0.717, 1.165) is 11.1 Å². The lowest BCUT2D eigenvalue weighted by molar-refractivity contribution is -0.127. The molecule has 1 atom stereocenters. The maximum atomic E-state index is 12.3. The van der Waals surface area contributed by atoms with E-state index in [0.29, 0.717) is 10.8 Å². The number of aliphatic hydroxyl groups excluding tert-OH is 1. The minimum atomic E-state index is -0.918. The van der Waals surface area contributed by atoms with Gasteiger partial charge in [0.2, 0.25) is 5.91 Å². The topological polar surface area (TPSA) is 67.8 Å². The lowest BCUT2D eigenvalue weighted by atomic mass is 10.0. The standard InChI is InChI=1S/C24H23Cl2NO4/c25-20-12-7-13-21(23(20)26)30-15-19(28)14-27-22(29)16-31-24(17-8-3-1-4-9-17)18-10-5-2-6-11-18/h1-13,19,24,28H,14-16H2,(H,27,29). The number of aliphatic hydroxyl groups is 1. The number of rotatable bonds is 10. The van der Waals surface area contributed by atoms with E-state index in [1.807, 2.05) is 60.7 Å². The zero-order valence-electron chi connectivity index (χ0n) is 16.7. The average molecular weight is 460 g/mol. The van der Waals surface area contributed by atoms with Gasteiger partial charge in [-0.1, -0.05) is 89.9 Å². The number of halogens is 2. The van der Waals surface area contributed by atoms with Gasteiger partial charge in [-0.05, 0) is 23.3 Å².